The second-order valence-corrected chi connectivity index (χ2v) is 3.63. The van der Waals surface area contributed by atoms with Gasteiger partial charge in [-0.05, 0) is 25.0 Å². The summed E-state index contributed by atoms with van der Waals surface area (Å²) in [7, 11) is 0. The standard InChI is InChI=1S/C9H8Cl2FNO/c1-5(14)2-3-6-4-7(12)9(11)13-8(6)10/h4H,2-3H2,1H3. The van der Waals surface area contributed by atoms with Gasteiger partial charge in [-0.15, -0.1) is 0 Å². The first kappa shape index (κ1) is 11.4. The first-order valence-electron chi connectivity index (χ1n) is 4.00. The molecule has 0 radical (unpaired) electrons. The van der Waals surface area contributed by atoms with Crippen LogP contribution in [0.15, 0.2) is 6.07 Å². The van der Waals surface area contributed by atoms with E-state index in [1.807, 2.05) is 0 Å². The van der Waals surface area contributed by atoms with Gasteiger partial charge in [-0.3, -0.25) is 0 Å². The molecule has 0 spiro atoms. The van der Waals surface area contributed by atoms with Crippen molar-refractivity contribution in [1.82, 2.24) is 4.98 Å². The highest BCUT2D eigenvalue weighted by Crippen LogP contribution is 2.21. The third-order valence-electron chi connectivity index (χ3n) is 1.71. The van der Waals surface area contributed by atoms with Gasteiger partial charge in [0.1, 0.15) is 10.9 Å². The molecule has 0 unspecified atom stereocenters. The summed E-state index contributed by atoms with van der Waals surface area (Å²) in [5, 5.41) is -0.0979. The Hall–Kier alpha value is -0.670. The molecule has 1 heterocycles. The van der Waals surface area contributed by atoms with Gasteiger partial charge in [0.2, 0.25) is 0 Å². The quantitative estimate of drug-likeness (QED) is 0.755. The Morgan fingerprint density at radius 2 is 2.14 bits per heavy atom. The zero-order chi connectivity index (χ0) is 10.7. The van der Waals surface area contributed by atoms with E-state index in [1.165, 1.54) is 13.0 Å². The molecular formula is C9H8Cl2FNO. The minimum atomic E-state index is -0.616. The molecule has 0 saturated carbocycles. The second kappa shape index (κ2) is 4.71. The van der Waals surface area contributed by atoms with E-state index in [1.54, 1.807) is 0 Å². The second-order valence-electron chi connectivity index (χ2n) is 2.91. The maximum Gasteiger partial charge on any atom is 0.166 e. The molecule has 0 aliphatic carbocycles. The summed E-state index contributed by atoms with van der Waals surface area (Å²) in [5.74, 6) is -0.592. The molecular weight excluding hydrogens is 228 g/mol. The summed E-state index contributed by atoms with van der Waals surface area (Å²) in [5.41, 5.74) is 0.503. The topological polar surface area (TPSA) is 30.0 Å². The van der Waals surface area contributed by atoms with Crippen LogP contribution in [0.3, 0.4) is 0 Å². The van der Waals surface area contributed by atoms with Crippen LogP contribution in [0.4, 0.5) is 4.39 Å². The van der Waals surface area contributed by atoms with E-state index >= 15 is 0 Å². The summed E-state index contributed by atoms with van der Waals surface area (Å²) in [4.78, 5) is 14.3. The largest absolute Gasteiger partial charge is 0.300 e. The van der Waals surface area contributed by atoms with E-state index in [4.69, 9.17) is 23.2 Å². The maximum absolute atomic E-state index is 12.9. The number of hydrogen-bond acceptors (Lipinski definition) is 2. The van der Waals surface area contributed by atoms with Crippen molar-refractivity contribution >= 4 is 29.0 Å². The predicted octanol–water partition coefficient (Wildman–Crippen LogP) is 3.05. The molecule has 1 aromatic heterocycles. The molecule has 1 rings (SSSR count). The summed E-state index contributed by atoms with van der Waals surface area (Å²) in [6.07, 6.45) is 0.706. The van der Waals surface area contributed by atoms with Crippen molar-refractivity contribution in [3.63, 3.8) is 0 Å². The van der Waals surface area contributed by atoms with E-state index in [0.29, 0.717) is 18.4 Å². The lowest BCUT2D eigenvalue weighted by molar-refractivity contribution is -0.116. The lowest BCUT2D eigenvalue weighted by Crippen LogP contribution is -1.97. The third kappa shape index (κ3) is 2.93. The van der Waals surface area contributed by atoms with Crippen molar-refractivity contribution < 1.29 is 9.18 Å². The van der Waals surface area contributed by atoms with E-state index < -0.39 is 5.82 Å². The van der Waals surface area contributed by atoms with Crippen LogP contribution in [0.5, 0.6) is 0 Å². The number of hydrogen-bond donors (Lipinski definition) is 0. The summed E-state index contributed by atoms with van der Waals surface area (Å²) >= 11 is 11.1. The molecule has 0 aliphatic rings. The number of aryl methyl sites for hydroxylation is 1. The minimum Gasteiger partial charge on any atom is -0.300 e. The molecule has 0 N–H and O–H groups in total. The molecule has 1 aromatic rings. The van der Waals surface area contributed by atoms with Crippen LogP contribution in [0.1, 0.15) is 18.9 Å². The Bertz CT molecular complexity index is 368. The highest BCUT2D eigenvalue weighted by atomic mass is 35.5. The van der Waals surface area contributed by atoms with Crippen LogP contribution in [0.25, 0.3) is 0 Å². The molecule has 0 saturated heterocycles. The Kier molecular flexibility index (Phi) is 3.84. The first-order chi connectivity index (χ1) is 6.50. The lowest BCUT2D eigenvalue weighted by atomic mass is 10.1. The zero-order valence-electron chi connectivity index (χ0n) is 7.48. The third-order valence-corrected chi connectivity index (χ3v) is 2.30. The number of halogens is 3. The summed E-state index contributed by atoms with van der Waals surface area (Å²) < 4.78 is 12.9. The van der Waals surface area contributed by atoms with Crippen LogP contribution in [0.2, 0.25) is 10.3 Å². The van der Waals surface area contributed by atoms with Crippen molar-refractivity contribution in [3.05, 3.63) is 27.8 Å². The number of ketones is 1. The van der Waals surface area contributed by atoms with Crippen LogP contribution in [-0.4, -0.2) is 10.8 Å². The van der Waals surface area contributed by atoms with Crippen molar-refractivity contribution in [3.8, 4) is 0 Å². The molecule has 0 fully saturated rings. The molecule has 2 nitrogen and oxygen atoms in total. The average Bonchev–Trinajstić information content (AvgIpc) is 2.09. The summed E-state index contributed by atoms with van der Waals surface area (Å²) in [6.45, 7) is 1.47. The molecule has 0 aromatic carbocycles. The smallest absolute Gasteiger partial charge is 0.166 e. The molecule has 5 heteroatoms. The lowest BCUT2D eigenvalue weighted by Gasteiger charge is -2.03. The average molecular weight is 236 g/mol. The molecule has 0 bridgehead atoms. The normalized spacial score (nSPS) is 10.3. The highest BCUT2D eigenvalue weighted by Gasteiger charge is 2.09. The fraction of sp³-hybridized carbons (Fsp3) is 0.333. The van der Waals surface area contributed by atoms with Crippen molar-refractivity contribution in [2.45, 2.75) is 19.8 Å². The van der Waals surface area contributed by atoms with Crippen molar-refractivity contribution in [2.75, 3.05) is 0 Å². The number of rotatable bonds is 3. The van der Waals surface area contributed by atoms with E-state index in [2.05, 4.69) is 4.98 Å². The Morgan fingerprint density at radius 1 is 1.50 bits per heavy atom. The van der Waals surface area contributed by atoms with Crippen molar-refractivity contribution in [2.24, 2.45) is 0 Å². The van der Waals surface area contributed by atoms with Gasteiger partial charge in [0.05, 0.1) is 0 Å². The van der Waals surface area contributed by atoms with E-state index in [-0.39, 0.29) is 16.1 Å². The minimum absolute atomic E-state index is 0.0245. The number of carbonyl (C=O) groups excluding carboxylic acids is 1. The van der Waals surface area contributed by atoms with E-state index in [9.17, 15) is 9.18 Å². The van der Waals surface area contributed by atoms with Gasteiger partial charge in [0.15, 0.2) is 11.0 Å². The Labute approximate surface area is 91.0 Å². The van der Waals surface area contributed by atoms with Crippen LogP contribution < -0.4 is 0 Å². The monoisotopic (exact) mass is 235 g/mol. The zero-order valence-corrected chi connectivity index (χ0v) is 8.99. The Balaban J connectivity index is 2.87. The van der Waals surface area contributed by atoms with E-state index in [0.717, 1.165) is 0 Å². The Morgan fingerprint density at radius 3 is 2.71 bits per heavy atom. The number of pyridine rings is 1. The molecule has 76 valence electrons. The first-order valence-corrected chi connectivity index (χ1v) is 4.76. The fourth-order valence-electron chi connectivity index (χ4n) is 0.969. The number of carbonyl (C=O) groups is 1. The van der Waals surface area contributed by atoms with Crippen LogP contribution >= 0.6 is 23.2 Å². The van der Waals surface area contributed by atoms with Gasteiger partial charge in [-0.2, -0.15) is 0 Å². The van der Waals surface area contributed by atoms with Gasteiger partial charge in [-0.25, -0.2) is 9.37 Å². The molecule has 0 aliphatic heterocycles. The molecule has 14 heavy (non-hydrogen) atoms. The summed E-state index contributed by atoms with van der Waals surface area (Å²) in [6, 6.07) is 1.21. The predicted molar refractivity (Wildman–Crippen MR) is 53.2 cm³/mol. The van der Waals surface area contributed by atoms with Gasteiger partial charge in [0, 0.05) is 6.42 Å². The van der Waals surface area contributed by atoms with Gasteiger partial charge < -0.3 is 4.79 Å². The van der Waals surface area contributed by atoms with Gasteiger partial charge in [-0.1, -0.05) is 23.2 Å². The number of Topliss-reactive ketones (excluding diaryl/α,β-unsaturated/α-hetero) is 1. The van der Waals surface area contributed by atoms with Crippen molar-refractivity contribution in [1.29, 1.82) is 0 Å². The maximum atomic E-state index is 12.9. The molecule has 0 atom stereocenters. The van der Waals surface area contributed by atoms with Crippen LogP contribution in [-0.2, 0) is 11.2 Å². The molecule has 0 amide bonds. The van der Waals surface area contributed by atoms with Gasteiger partial charge in [0.25, 0.3) is 0 Å². The number of aromatic nitrogens is 1. The fourth-order valence-corrected chi connectivity index (χ4v) is 1.39. The highest BCUT2D eigenvalue weighted by molar-refractivity contribution is 6.32. The van der Waals surface area contributed by atoms with Gasteiger partial charge >= 0.3 is 0 Å². The number of nitrogens with zero attached hydrogens (tertiary/aromatic N) is 1. The SMILES string of the molecule is CC(=O)CCc1cc(F)c(Cl)nc1Cl. The van der Waals surface area contributed by atoms with Crippen LogP contribution in [0, 0.1) is 5.82 Å².